The van der Waals surface area contributed by atoms with Crippen LogP contribution in [0.5, 0.6) is 0 Å². The first-order chi connectivity index (χ1) is 11.1. The van der Waals surface area contributed by atoms with E-state index in [0.29, 0.717) is 10.9 Å². The van der Waals surface area contributed by atoms with Gasteiger partial charge in [0, 0.05) is 23.3 Å². The van der Waals surface area contributed by atoms with Crippen LogP contribution >= 0.6 is 11.6 Å². The van der Waals surface area contributed by atoms with Crippen LogP contribution < -0.4 is 5.32 Å². The molecule has 0 saturated carbocycles. The van der Waals surface area contributed by atoms with Crippen LogP contribution in [0.15, 0.2) is 36.7 Å². The normalized spacial score (nSPS) is 12.7. The molecule has 0 spiro atoms. The van der Waals surface area contributed by atoms with Crippen molar-refractivity contribution >= 4 is 28.5 Å². The minimum Gasteiger partial charge on any atom is -0.394 e. The Morgan fingerprint density at radius 2 is 2.17 bits per heavy atom. The van der Waals surface area contributed by atoms with Crippen molar-refractivity contribution in [3.8, 4) is 11.3 Å². The molecule has 0 saturated heterocycles. The fraction of sp³-hybridized carbons (Fsp3) is 0.294. The lowest BCUT2D eigenvalue weighted by molar-refractivity contribution is 0.249. The quantitative estimate of drug-likeness (QED) is 0.666. The number of anilines is 1. The predicted octanol–water partition coefficient (Wildman–Crippen LogP) is 3.71. The van der Waals surface area contributed by atoms with E-state index < -0.39 is 0 Å². The molecule has 0 unspecified atom stereocenters. The Labute approximate surface area is 139 Å². The zero-order valence-electron chi connectivity index (χ0n) is 13.0. The summed E-state index contributed by atoms with van der Waals surface area (Å²) in [6, 6.07) is 7.63. The van der Waals surface area contributed by atoms with Gasteiger partial charge in [-0.05, 0) is 24.1 Å². The molecule has 0 fully saturated rings. The van der Waals surface area contributed by atoms with Gasteiger partial charge in [0.15, 0.2) is 0 Å². The van der Waals surface area contributed by atoms with Crippen LogP contribution in [-0.4, -0.2) is 32.7 Å². The molecular formula is C17H19ClN4O. The molecule has 120 valence electrons. The molecule has 6 heteroatoms. The predicted molar refractivity (Wildman–Crippen MR) is 93.7 cm³/mol. The molecule has 0 amide bonds. The Bertz CT molecular complexity index is 815. The number of hydrogen-bond acceptors (Lipinski definition) is 4. The van der Waals surface area contributed by atoms with Crippen molar-refractivity contribution < 1.29 is 5.11 Å². The van der Waals surface area contributed by atoms with E-state index in [9.17, 15) is 5.11 Å². The smallest absolute Gasteiger partial charge is 0.138 e. The lowest BCUT2D eigenvalue weighted by atomic mass is 10.1. The van der Waals surface area contributed by atoms with Crippen molar-refractivity contribution in [2.45, 2.75) is 19.9 Å². The van der Waals surface area contributed by atoms with Crippen LogP contribution in [0.1, 0.15) is 13.8 Å². The van der Waals surface area contributed by atoms with E-state index >= 15 is 0 Å². The summed E-state index contributed by atoms with van der Waals surface area (Å²) in [6.45, 7) is 4.19. The molecule has 3 N–H and O–H groups in total. The van der Waals surface area contributed by atoms with Gasteiger partial charge in [0.2, 0.25) is 0 Å². The van der Waals surface area contributed by atoms with Crippen LogP contribution in [0.2, 0.25) is 5.02 Å². The van der Waals surface area contributed by atoms with E-state index in [1.165, 1.54) is 0 Å². The summed E-state index contributed by atoms with van der Waals surface area (Å²) in [6.07, 6.45) is 3.50. The Morgan fingerprint density at radius 3 is 2.91 bits per heavy atom. The lowest BCUT2D eigenvalue weighted by Crippen LogP contribution is -2.29. The van der Waals surface area contributed by atoms with Gasteiger partial charge in [-0.2, -0.15) is 0 Å². The Hall–Kier alpha value is -2.11. The van der Waals surface area contributed by atoms with E-state index in [-0.39, 0.29) is 12.6 Å². The van der Waals surface area contributed by atoms with Gasteiger partial charge in [0.25, 0.3) is 0 Å². The van der Waals surface area contributed by atoms with Crippen LogP contribution in [0, 0.1) is 5.92 Å². The van der Waals surface area contributed by atoms with E-state index in [1.54, 1.807) is 6.20 Å². The van der Waals surface area contributed by atoms with Gasteiger partial charge < -0.3 is 15.4 Å². The SMILES string of the molecule is CC(C)[C@H](CO)Nc1cccc(-c2c[nH]c3ncc(Cl)cc23)n1. The average Bonchev–Trinajstić information content (AvgIpc) is 2.95. The maximum Gasteiger partial charge on any atom is 0.138 e. The number of hydrogen-bond donors (Lipinski definition) is 3. The van der Waals surface area contributed by atoms with Gasteiger partial charge in [0.05, 0.1) is 23.4 Å². The number of aliphatic hydroxyl groups is 1. The first-order valence-corrected chi connectivity index (χ1v) is 7.93. The topological polar surface area (TPSA) is 73.8 Å². The summed E-state index contributed by atoms with van der Waals surface area (Å²) in [5.41, 5.74) is 2.55. The molecule has 3 aromatic heterocycles. The summed E-state index contributed by atoms with van der Waals surface area (Å²) in [5.74, 6) is 1.04. The Balaban J connectivity index is 1.97. The van der Waals surface area contributed by atoms with Crippen molar-refractivity contribution in [1.29, 1.82) is 0 Å². The number of aromatic amines is 1. The molecule has 3 rings (SSSR count). The largest absolute Gasteiger partial charge is 0.394 e. The second-order valence-corrected chi connectivity index (χ2v) is 6.27. The number of pyridine rings is 2. The summed E-state index contributed by atoms with van der Waals surface area (Å²) in [4.78, 5) is 12.1. The van der Waals surface area contributed by atoms with Gasteiger partial charge in [-0.3, -0.25) is 0 Å². The molecule has 5 nitrogen and oxygen atoms in total. The standard InChI is InChI=1S/C17H19ClN4O/c1-10(2)15(9-23)22-16-5-3-4-14(21-16)13-8-20-17-12(13)6-11(18)7-19-17/h3-8,10,15,23H,9H2,1-2H3,(H,19,20)(H,21,22)/t15-/m0/s1. The van der Waals surface area contributed by atoms with E-state index in [1.807, 2.05) is 30.5 Å². The molecule has 0 aliphatic carbocycles. The van der Waals surface area contributed by atoms with Crippen LogP contribution in [0.25, 0.3) is 22.3 Å². The Morgan fingerprint density at radius 1 is 1.35 bits per heavy atom. The highest BCUT2D eigenvalue weighted by Crippen LogP contribution is 2.29. The van der Waals surface area contributed by atoms with E-state index in [4.69, 9.17) is 11.6 Å². The molecule has 0 aromatic carbocycles. The van der Waals surface area contributed by atoms with Crippen molar-refractivity contribution in [2.24, 2.45) is 5.92 Å². The Kier molecular flexibility index (Phi) is 4.50. The first-order valence-electron chi connectivity index (χ1n) is 7.56. The van der Waals surface area contributed by atoms with E-state index in [2.05, 4.69) is 34.1 Å². The third kappa shape index (κ3) is 3.30. The molecule has 0 radical (unpaired) electrons. The number of aliphatic hydroxyl groups excluding tert-OH is 1. The van der Waals surface area contributed by atoms with Gasteiger partial charge >= 0.3 is 0 Å². The molecular weight excluding hydrogens is 312 g/mol. The lowest BCUT2D eigenvalue weighted by Gasteiger charge is -2.20. The van der Waals surface area contributed by atoms with Gasteiger partial charge in [0.1, 0.15) is 11.5 Å². The summed E-state index contributed by atoms with van der Waals surface area (Å²) < 4.78 is 0. The number of fused-ring (bicyclic) bond motifs is 1. The third-order valence-electron chi connectivity index (χ3n) is 3.86. The zero-order chi connectivity index (χ0) is 16.4. The number of aromatic nitrogens is 3. The number of nitrogens with zero attached hydrogens (tertiary/aromatic N) is 2. The molecule has 0 aliphatic heterocycles. The highest BCUT2D eigenvalue weighted by atomic mass is 35.5. The fourth-order valence-corrected chi connectivity index (χ4v) is 2.63. The number of H-pyrrole nitrogens is 1. The summed E-state index contributed by atoms with van der Waals surface area (Å²) in [5, 5.41) is 14.3. The van der Waals surface area contributed by atoms with Crippen LogP contribution in [0.3, 0.4) is 0 Å². The van der Waals surface area contributed by atoms with E-state index in [0.717, 1.165) is 28.1 Å². The minimum absolute atomic E-state index is 0.0307. The summed E-state index contributed by atoms with van der Waals surface area (Å²) in [7, 11) is 0. The molecule has 0 aliphatic rings. The molecule has 0 bridgehead atoms. The monoisotopic (exact) mass is 330 g/mol. The van der Waals surface area contributed by atoms with Crippen molar-refractivity contribution in [1.82, 2.24) is 15.0 Å². The maximum atomic E-state index is 9.46. The molecule has 3 heterocycles. The highest BCUT2D eigenvalue weighted by Gasteiger charge is 2.14. The molecule has 23 heavy (non-hydrogen) atoms. The number of halogens is 1. The highest BCUT2D eigenvalue weighted by molar-refractivity contribution is 6.31. The average molecular weight is 331 g/mol. The maximum absolute atomic E-state index is 9.46. The van der Waals surface area contributed by atoms with Crippen molar-refractivity contribution in [3.63, 3.8) is 0 Å². The first kappa shape index (κ1) is 15.8. The third-order valence-corrected chi connectivity index (χ3v) is 4.06. The minimum atomic E-state index is -0.0307. The van der Waals surface area contributed by atoms with Gasteiger partial charge in [-0.15, -0.1) is 0 Å². The second-order valence-electron chi connectivity index (χ2n) is 5.84. The molecule has 3 aromatic rings. The van der Waals surface area contributed by atoms with Crippen molar-refractivity contribution in [2.75, 3.05) is 11.9 Å². The van der Waals surface area contributed by atoms with Crippen LogP contribution in [0.4, 0.5) is 5.82 Å². The zero-order valence-corrected chi connectivity index (χ0v) is 13.8. The summed E-state index contributed by atoms with van der Waals surface area (Å²) >= 11 is 6.05. The van der Waals surface area contributed by atoms with Crippen LogP contribution in [-0.2, 0) is 0 Å². The van der Waals surface area contributed by atoms with Gasteiger partial charge in [-0.1, -0.05) is 31.5 Å². The molecule has 1 atom stereocenters. The fourth-order valence-electron chi connectivity index (χ4n) is 2.47. The van der Waals surface area contributed by atoms with Gasteiger partial charge in [-0.25, -0.2) is 9.97 Å². The van der Waals surface area contributed by atoms with Crippen molar-refractivity contribution in [3.05, 3.63) is 41.7 Å². The number of nitrogens with one attached hydrogen (secondary N) is 2. The second kappa shape index (κ2) is 6.56. The number of rotatable bonds is 5.